The fourth-order valence-electron chi connectivity index (χ4n) is 2.46. The lowest BCUT2D eigenvalue weighted by Crippen LogP contribution is -2.43. The van der Waals surface area contributed by atoms with Crippen LogP contribution in [0.2, 0.25) is 0 Å². The molecule has 1 heterocycles. The van der Waals surface area contributed by atoms with E-state index in [0.29, 0.717) is 13.0 Å². The molecule has 0 saturated carbocycles. The van der Waals surface area contributed by atoms with Crippen LogP contribution >= 0.6 is 0 Å². The van der Waals surface area contributed by atoms with Crippen molar-refractivity contribution < 1.29 is 13.6 Å². The predicted molar refractivity (Wildman–Crippen MR) is 64.1 cm³/mol. The number of likely N-dealkylation sites (tertiary alicyclic amines) is 1. The summed E-state index contributed by atoms with van der Waals surface area (Å²) in [6.45, 7) is 4.10. The molecular formula is C13H16F2N2O. The van der Waals surface area contributed by atoms with Crippen molar-refractivity contribution in [3.8, 4) is 0 Å². The van der Waals surface area contributed by atoms with Crippen LogP contribution in [-0.2, 0) is 0 Å². The number of carbonyl (C=O) groups excluding carboxylic acids is 1. The number of hydrogen-bond donors (Lipinski definition) is 1. The van der Waals surface area contributed by atoms with Crippen LogP contribution in [0.25, 0.3) is 0 Å². The average Bonchev–Trinajstić information content (AvgIpc) is 2.54. The van der Waals surface area contributed by atoms with Crippen molar-refractivity contribution in [2.75, 3.05) is 6.54 Å². The van der Waals surface area contributed by atoms with Gasteiger partial charge in [0.25, 0.3) is 5.91 Å². The summed E-state index contributed by atoms with van der Waals surface area (Å²) in [4.78, 5) is 13.8. The van der Waals surface area contributed by atoms with Crippen molar-refractivity contribution in [2.45, 2.75) is 31.8 Å². The van der Waals surface area contributed by atoms with Crippen LogP contribution in [-0.4, -0.2) is 28.9 Å². The minimum atomic E-state index is -0.710. The summed E-state index contributed by atoms with van der Waals surface area (Å²) in [5.41, 5.74) is 5.15. The maximum Gasteiger partial charge on any atom is 0.257 e. The standard InChI is InChI=1S/C13H16F2N2O/c1-13(2)6-9(16)7-17(13)12(18)10-5-8(14)3-4-11(10)15/h3-5,9H,6-7,16H2,1-2H3. The Morgan fingerprint density at radius 2 is 2.11 bits per heavy atom. The summed E-state index contributed by atoms with van der Waals surface area (Å²) in [5, 5.41) is 0. The molecule has 2 N–H and O–H groups in total. The number of carbonyl (C=O) groups is 1. The van der Waals surface area contributed by atoms with Gasteiger partial charge in [-0.25, -0.2) is 8.78 Å². The zero-order chi connectivity index (χ0) is 13.5. The van der Waals surface area contributed by atoms with Crippen LogP contribution in [0.15, 0.2) is 18.2 Å². The van der Waals surface area contributed by atoms with Gasteiger partial charge in [0.15, 0.2) is 0 Å². The Kier molecular flexibility index (Phi) is 3.11. The number of amides is 1. The number of rotatable bonds is 1. The molecule has 1 aliphatic heterocycles. The molecule has 1 saturated heterocycles. The number of halogens is 2. The second-order valence-corrected chi connectivity index (χ2v) is 5.32. The van der Waals surface area contributed by atoms with E-state index >= 15 is 0 Å². The van der Waals surface area contributed by atoms with Gasteiger partial charge in [-0.15, -0.1) is 0 Å². The number of nitrogens with two attached hydrogens (primary N) is 1. The molecular weight excluding hydrogens is 238 g/mol. The van der Waals surface area contributed by atoms with E-state index in [-0.39, 0.29) is 11.6 Å². The summed E-state index contributed by atoms with van der Waals surface area (Å²) < 4.78 is 26.7. The van der Waals surface area contributed by atoms with Gasteiger partial charge in [-0.05, 0) is 38.5 Å². The van der Waals surface area contributed by atoms with Crippen LogP contribution in [0, 0.1) is 11.6 Å². The maximum absolute atomic E-state index is 13.6. The van der Waals surface area contributed by atoms with Gasteiger partial charge in [-0.3, -0.25) is 4.79 Å². The van der Waals surface area contributed by atoms with E-state index in [1.807, 2.05) is 13.8 Å². The second kappa shape index (κ2) is 4.31. The van der Waals surface area contributed by atoms with Crippen molar-refractivity contribution in [1.82, 2.24) is 4.90 Å². The van der Waals surface area contributed by atoms with Crippen molar-refractivity contribution in [3.05, 3.63) is 35.4 Å². The van der Waals surface area contributed by atoms with Gasteiger partial charge in [0.05, 0.1) is 5.56 Å². The molecule has 1 aliphatic rings. The molecule has 98 valence electrons. The first-order valence-corrected chi connectivity index (χ1v) is 5.84. The first-order chi connectivity index (χ1) is 8.31. The van der Waals surface area contributed by atoms with Gasteiger partial charge in [0.2, 0.25) is 0 Å². The highest BCUT2D eigenvalue weighted by Crippen LogP contribution is 2.29. The quantitative estimate of drug-likeness (QED) is 0.832. The molecule has 1 aromatic carbocycles. The lowest BCUT2D eigenvalue weighted by atomic mass is 10.00. The minimum Gasteiger partial charge on any atom is -0.332 e. The molecule has 3 nitrogen and oxygen atoms in total. The molecule has 1 fully saturated rings. The third kappa shape index (κ3) is 2.22. The van der Waals surface area contributed by atoms with Crippen LogP contribution in [0.1, 0.15) is 30.6 Å². The van der Waals surface area contributed by atoms with Crippen LogP contribution in [0.4, 0.5) is 8.78 Å². The van der Waals surface area contributed by atoms with E-state index in [2.05, 4.69) is 0 Å². The largest absolute Gasteiger partial charge is 0.332 e. The van der Waals surface area contributed by atoms with Crippen LogP contribution in [0.3, 0.4) is 0 Å². The summed E-state index contributed by atoms with van der Waals surface area (Å²) in [7, 11) is 0. The Balaban J connectivity index is 2.34. The third-order valence-electron chi connectivity index (χ3n) is 3.31. The molecule has 0 aromatic heterocycles. The van der Waals surface area contributed by atoms with Gasteiger partial charge < -0.3 is 10.6 Å². The zero-order valence-electron chi connectivity index (χ0n) is 10.4. The normalized spacial score (nSPS) is 22.3. The van der Waals surface area contributed by atoms with Crippen molar-refractivity contribution in [1.29, 1.82) is 0 Å². The van der Waals surface area contributed by atoms with Gasteiger partial charge in [-0.2, -0.15) is 0 Å². The van der Waals surface area contributed by atoms with E-state index in [9.17, 15) is 13.6 Å². The fraction of sp³-hybridized carbons (Fsp3) is 0.462. The van der Waals surface area contributed by atoms with Gasteiger partial charge in [0.1, 0.15) is 11.6 Å². The number of nitrogens with zero attached hydrogens (tertiary/aromatic N) is 1. The average molecular weight is 254 g/mol. The Morgan fingerprint density at radius 3 is 2.67 bits per heavy atom. The molecule has 18 heavy (non-hydrogen) atoms. The summed E-state index contributed by atoms with van der Waals surface area (Å²) in [6.07, 6.45) is 0.648. The van der Waals surface area contributed by atoms with Crippen molar-refractivity contribution in [2.24, 2.45) is 5.73 Å². The molecule has 0 radical (unpaired) electrons. The van der Waals surface area contributed by atoms with E-state index in [0.717, 1.165) is 18.2 Å². The predicted octanol–water partition coefficient (Wildman–Crippen LogP) is 1.92. The van der Waals surface area contributed by atoms with E-state index in [4.69, 9.17) is 5.73 Å². The van der Waals surface area contributed by atoms with Gasteiger partial charge >= 0.3 is 0 Å². The molecule has 0 bridgehead atoms. The third-order valence-corrected chi connectivity index (χ3v) is 3.31. The van der Waals surface area contributed by atoms with E-state index < -0.39 is 23.1 Å². The first kappa shape index (κ1) is 13.0. The Morgan fingerprint density at radius 1 is 1.44 bits per heavy atom. The van der Waals surface area contributed by atoms with Gasteiger partial charge in [-0.1, -0.05) is 0 Å². The molecule has 1 aromatic rings. The monoisotopic (exact) mass is 254 g/mol. The highest BCUT2D eigenvalue weighted by Gasteiger charge is 2.40. The summed E-state index contributed by atoms with van der Waals surface area (Å²) in [5.74, 6) is -1.84. The molecule has 1 amide bonds. The Labute approximate surface area is 105 Å². The highest BCUT2D eigenvalue weighted by atomic mass is 19.1. The van der Waals surface area contributed by atoms with Crippen LogP contribution < -0.4 is 5.73 Å². The lowest BCUT2D eigenvalue weighted by molar-refractivity contribution is 0.0646. The van der Waals surface area contributed by atoms with E-state index in [1.165, 1.54) is 4.90 Å². The van der Waals surface area contributed by atoms with Gasteiger partial charge in [0, 0.05) is 18.1 Å². The number of benzene rings is 1. The minimum absolute atomic E-state index is 0.124. The molecule has 0 spiro atoms. The molecule has 1 unspecified atom stereocenters. The maximum atomic E-state index is 13.6. The lowest BCUT2D eigenvalue weighted by Gasteiger charge is -2.31. The summed E-state index contributed by atoms with van der Waals surface area (Å²) in [6, 6.07) is 2.76. The summed E-state index contributed by atoms with van der Waals surface area (Å²) >= 11 is 0. The highest BCUT2D eigenvalue weighted by molar-refractivity contribution is 5.95. The second-order valence-electron chi connectivity index (χ2n) is 5.32. The molecule has 2 rings (SSSR count). The van der Waals surface area contributed by atoms with Crippen LogP contribution in [0.5, 0.6) is 0 Å². The topological polar surface area (TPSA) is 46.3 Å². The molecule has 1 atom stereocenters. The smallest absolute Gasteiger partial charge is 0.257 e. The SMILES string of the molecule is CC1(C)CC(N)CN1C(=O)c1cc(F)ccc1F. The first-order valence-electron chi connectivity index (χ1n) is 5.84. The number of hydrogen-bond acceptors (Lipinski definition) is 2. The van der Waals surface area contributed by atoms with E-state index in [1.54, 1.807) is 0 Å². The Bertz CT molecular complexity index is 488. The molecule has 5 heteroatoms. The van der Waals surface area contributed by atoms with Crippen molar-refractivity contribution >= 4 is 5.91 Å². The Hall–Kier alpha value is -1.49. The zero-order valence-corrected chi connectivity index (χ0v) is 10.4. The molecule has 0 aliphatic carbocycles. The fourth-order valence-corrected chi connectivity index (χ4v) is 2.46. The van der Waals surface area contributed by atoms with Crippen molar-refractivity contribution in [3.63, 3.8) is 0 Å².